The van der Waals surface area contributed by atoms with Crippen LogP contribution in [0, 0.1) is 0 Å². The monoisotopic (exact) mass is 434 g/mol. The fourth-order valence-electron chi connectivity index (χ4n) is 3.10. The SMILES string of the molecule is O=C(Nc1ccccc1)c1nnc(C2CCCN(S(=O)(=O)c3cccs3)C2)s1. The van der Waals surface area contributed by atoms with Gasteiger partial charge in [-0.2, -0.15) is 4.31 Å². The molecule has 0 aliphatic carbocycles. The molecule has 0 saturated carbocycles. The van der Waals surface area contributed by atoms with Crippen molar-refractivity contribution < 1.29 is 13.2 Å². The molecule has 1 unspecified atom stereocenters. The van der Waals surface area contributed by atoms with Gasteiger partial charge in [0.1, 0.15) is 9.22 Å². The van der Waals surface area contributed by atoms with Crippen LogP contribution >= 0.6 is 22.7 Å². The van der Waals surface area contributed by atoms with Gasteiger partial charge in [0.05, 0.1) is 0 Å². The molecule has 0 spiro atoms. The highest BCUT2D eigenvalue weighted by Crippen LogP contribution is 2.32. The minimum absolute atomic E-state index is 0.0562. The molecule has 1 saturated heterocycles. The third kappa shape index (κ3) is 4.00. The Morgan fingerprint density at radius 3 is 2.71 bits per heavy atom. The van der Waals surface area contributed by atoms with E-state index in [0.29, 0.717) is 28.0 Å². The molecule has 2 aromatic heterocycles. The Kier molecular flexibility index (Phi) is 5.54. The summed E-state index contributed by atoms with van der Waals surface area (Å²) in [6.45, 7) is 0.853. The van der Waals surface area contributed by atoms with Crippen LogP contribution in [0.3, 0.4) is 0 Å². The molecule has 1 amide bonds. The minimum atomic E-state index is -3.48. The van der Waals surface area contributed by atoms with Gasteiger partial charge < -0.3 is 5.32 Å². The Hall–Kier alpha value is -2.14. The number of piperidine rings is 1. The quantitative estimate of drug-likeness (QED) is 0.664. The van der Waals surface area contributed by atoms with E-state index in [4.69, 9.17) is 0 Å². The van der Waals surface area contributed by atoms with Crippen molar-refractivity contribution in [2.24, 2.45) is 0 Å². The molecule has 0 radical (unpaired) electrons. The first-order chi connectivity index (χ1) is 13.5. The van der Waals surface area contributed by atoms with E-state index in [-0.39, 0.29) is 16.8 Å². The van der Waals surface area contributed by atoms with Crippen molar-refractivity contribution in [1.29, 1.82) is 0 Å². The Balaban J connectivity index is 1.47. The maximum atomic E-state index is 12.8. The number of benzene rings is 1. The molecule has 0 bridgehead atoms. The molecule has 1 N–H and O–H groups in total. The molecule has 146 valence electrons. The van der Waals surface area contributed by atoms with Crippen molar-refractivity contribution >= 4 is 44.3 Å². The first kappa shape index (κ1) is 19.2. The number of carbonyl (C=O) groups excluding carboxylic acids is 1. The van der Waals surface area contributed by atoms with Crippen molar-refractivity contribution in [3.05, 3.63) is 57.9 Å². The standard InChI is InChI=1S/C18H18N4O3S3/c23-16(19-14-7-2-1-3-8-14)18-21-20-17(27-18)13-6-4-10-22(12-13)28(24,25)15-9-5-11-26-15/h1-3,5,7-9,11,13H,4,6,10,12H2,(H,19,23). The van der Waals surface area contributed by atoms with Crippen LogP contribution < -0.4 is 5.32 Å². The smallest absolute Gasteiger partial charge is 0.286 e. The molecule has 1 aliphatic heterocycles. The fourth-order valence-corrected chi connectivity index (χ4v) is 6.63. The molecule has 7 nitrogen and oxygen atoms in total. The Morgan fingerprint density at radius 2 is 1.96 bits per heavy atom. The summed E-state index contributed by atoms with van der Waals surface area (Å²) in [6, 6.07) is 12.5. The van der Waals surface area contributed by atoms with Crippen LogP contribution in [-0.4, -0.2) is 41.9 Å². The summed E-state index contributed by atoms with van der Waals surface area (Å²) < 4.78 is 27.4. The number of thiophene rings is 1. The number of nitrogens with one attached hydrogen (secondary N) is 1. The van der Waals surface area contributed by atoms with Gasteiger partial charge in [0.2, 0.25) is 5.01 Å². The highest BCUT2D eigenvalue weighted by molar-refractivity contribution is 7.91. The van der Waals surface area contributed by atoms with Crippen LogP contribution in [0.4, 0.5) is 5.69 Å². The van der Waals surface area contributed by atoms with E-state index >= 15 is 0 Å². The third-order valence-electron chi connectivity index (χ3n) is 4.49. The number of amides is 1. The predicted molar refractivity (Wildman–Crippen MR) is 109 cm³/mol. The number of sulfonamides is 1. The van der Waals surface area contributed by atoms with Gasteiger partial charge in [-0.3, -0.25) is 4.79 Å². The fraction of sp³-hybridized carbons (Fsp3) is 0.278. The second-order valence-electron chi connectivity index (χ2n) is 6.40. The normalized spacial score (nSPS) is 18.1. The summed E-state index contributed by atoms with van der Waals surface area (Å²) in [6.07, 6.45) is 1.58. The van der Waals surface area contributed by atoms with Gasteiger partial charge >= 0.3 is 0 Å². The predicted octanol–water partition coefficient (Wildman–Crippen LogP) is 3.42. The van der Waals surface area contributed by atoms with Crippen molar-refractivity contribution in [2.75, 3.05) is 18.4 Å². The average Bonchev–Trinajstić information content (AvgIpc) is 3.41. The maximum Gasteiger partial charge on any atom is 0.286 e. The zero-order valence-electron chi connectivity index (χ0n) is 14.8. The summed E-state index contributed by atoms with van der Waals surface area (Å²) >= 11 is 2.45. The van der Waals surface area contributed by atoms with Crippen LogP contribution in [0.25, 0.3) is 0 Å². The number of para-hydroxylation sites is 1. The van der Waals surface area contributed by atoms with Crippen LogP contribution in [-0.2, 0) is 10.0 Å². The Bertz CT molecular complexity index is 1050. The van der Waals surface area contributed by atoms with E-state index in [1.807, 2.05) is 18.2 Å². The highest BCUT2D eigenvalue weighted by atomic mass is 32.2. The van der Waals surface area contributed by atoms with Gasteiger partial charge in [-0.25, -0.2) is 8.42 Å². The lowest BCUT2D eigenvalue weighted by molar-refractivity contribution is 0.102. The van der Waals surface area contributed by atoms with Crippen LogP contribution in [0.1, 0.15) is 33.6 Å². The summed E-state index contributed by atoms with van der Waals surface area (Å²) in [7, 11) is -3.48. The molecule has 3 heterocycles. The number of hydrogen-bond acceptors (Lipinski definition) is 7. The molecule has 4 rings (SSSR count). The van der Waals surface area contributed by atoms with E-state index in [2.05, 4.69) is 15.5 Å². The summed E-state index contributed by atoms with van der Waals surface area (Å²) in [5.74, 6) is -0.368. The van der Waals surface area contributed by atoms with Crippen molar-refractivity contribution in [1.82, 2.24) is 14.5 Å². The first-order valence-electron chi connectivity index (χ1n) is 8.77. The summed E-state index contributed by atoms with van der Waals surface area (Å²) in [5.41, 5.74) is 0.690. The average molecular weight is 435 g/mol. The zero-order chi connectivity index (χ0) is 19.6. The van der Waals surface area contributed by atoms with Gasteiger partial charge in [0, 0.05) is 24.7 Å². The number of anilines is 1. The summed E-state index contributed by atoms with van der Waals surface area (Å²) in [4.78, 5) is 12.4. The van der Waals surface area contributed by atoms with E-state index < -0.39 is 10.0 Å². The molecule has 28 heavy (non-hydrogen) atoms. The Labute approximate surface area is 171 Å². The second-order valence-corrected chi connectivity index (χ2v) is 10.5. The molecule has 1 aromatic carbocycles. The van der Waals surface area contributed by atoms with Crippen LogP contribution in [0.5, 0.6) is 0 Å². The topological polar surface area (TPSA) is 92.3 Å². The van der Waals surface area contributed by atoms with E-state index in [9.17, 15) is 13.2 Å². The Morgan fingerprint density at radius 1 is 1.14 bits per heavy atom. The zero-order valence-corrected chi connectivity index (χ0v) is 17.3. The number of carbonyl (C=O) groups is 1. The number of nitrogens with zero attached hydrogens (tertiary/aromatic N) is 3. The summed E-state index contributed by atoms with van der Waals surface area (Å²) in [5, 5.41) is 13.7. The van der Waals surface area contributed by atoms with E-state index in [0.717, 1.165) is 12.8 Å². The van der Waals surface area contributed by atoms with Crippen LogP contribution in [0.2, 0.25) is 0 Å². The second kappa shape index (κ2) is 8.08. The molecule has 3 aromatic rings. The molecule has 1 atom stereocenters. The highest BCUT2D eigenvalue weighted by Gasteiger charge is 2.33. The largest absolute Gasteiger partial charge is 0.320 e. The molecule has 10 heteroatoms. The van der Waals surface area contributed by atoms with Gasteiger partial charge in [0.15, 0.2) is 0 Å². The van der Waals surface area contributed by atoms with Crippen molar-refractivity contribution in [3.8, 4) is 0 Å². The molecule has 1 fully saturated rings. The third-order valence-corrected chi connectivity index (χ3v) is 8.81. The number of aromatic nitrogens is 2. The van der Waals surface area contributed by atoms with Crippen molar-refractivity contribution in [2.45, 2.75) is 23.0 Å². The van der Waals surface area contributed by atoms with E-state index in [1.165, 1.54) is 27.0 Å². The van der Waals surface area contributed by atoms with Crippen LogP contribution in [0.15, 0.2) is 52.1 Å². The maximum absolute atomic E-state index is 12.8. The first-order valence-corrected chi connectivity index (χ1v) is 11.9. The van der Waals surface area contributed by atoms with Gasteiger partial charge in [0.25, 0.3) is 15.9 Å². The molecular formula is C18H18N4O3S3. The van der Waals surface area contributed by atoms with Gasteiger partial charge in [-0.15, -0.1) is 21.5 Å². The van der Waals surface area contributed by atoms with E-state index in [1.54, 1.807) is 29.6 Å². The minimum Gasteiger partial charge on any atom is -0.320 e. The van der Waals surface area contributed by atoms with Gasteiger partial charge in [-0.05, 0) is 36.4 Å². The van der Waals surface area contributed by atoms with Gasteiger partial charge in [-0.1, -0.05) is 35.6 Å². The van der Waals surface area contributed by atoms with Crippen molar-refractivity contribution in [3.63, 3.8) is 0 Å². The lowest BCUT2D eigenvalue weighted by Gasteiger charge is -2.30. The number of rotatable bonds is 5. The lowest BCUT2D eigenvalue weighted by Crippen LogP contribution is -2.38. The lowest BCUT2D eigenvalue weighted by atomic mass is 10.0. The molecule has 1 aliphatic rings. The number of hydrogen-bond donors (Lipinski definition) is 1. The molecular weight excluding hydrogens is 416 g/mol.